The van der Waals surface area contributed by atoms with Gasteiger partial charge in [0.05, 0.1) is 10.7 Å². The molecule has 114 valence electrons. The highest BCUT2D eigenvalue weighted by molar-refractivity contribution is 7.99. The van der Waals surface area contributed by atoms with Crippen LogP contribution in [0, 0.1) is 0 Å². The van der Waals surface area contributed by atoms with Crippen molar-refractivity contribution < 1.29 is 9.59 Å². The first-order valence-electron chi connectivity index (χ1n) is 7.06. The maximum atomic E-state index is 12.4. The third-order valence-electron chi connectivity index (χ3n) is 3.36. The van der Waals surface area contributed by atoms with E-state index < -0.39 is 6.04 Å². The molecule has 0 bridgehead atoms. The molecule has 1 heterocycles. The largest absolute Gasteiger partial charge is 0.344 e. The third-order valence-corrected chi connectivity index (χ3v) is 4.58. The van der Waals surface area contributed by atoms with Crippen LogP contribution in [0.2, 0.25) is 5.02 Å². The number of carbonyl (C=O) groups excluding carboxylic acids is 2. The Morgan fingerprint density at radius 2 is 2.24 bits per heavy atom. The van der Waals surface area contributed by atoms with Gasteiger partial charge in [-0.1, -0.05) is 30.7 Å². The highest BCUT2D eigenvalue weighted by atomic mass is 35.5. The number of hydrogen-bond donors (Lipinski definition) is 1. The number of carbonyl (C=O) groups is 2. The van der Waals surface area contributed by atoms with E-state index in [2.05, 4.69) is 12.2 Å². The van der Waals surface area contributed by atoms with Crippen molar-refractivity contribution in [2.45, 2.75) is 25.8 Å². The zero-order valence-corrected chi connectivity index (χ0v) is 13.5. The summed E-state index contributed by atoms with van der Waals surface area (Å²) < 4.78 is 0. The molecule has 0 radical (unpaired) electrons. The SMILES string of the molecule is CCSCCC(=O)N[C@H]1CCN(c2ccccc2Cl)C1=O. The summed E-state index contributed by atoms with van der Waals surface area (Å²) in [7, 11) is 0. The van der Waals surface area contributed by atoms with Crippen LogP contribution in [-0.4, -0.2) is 35.9 Å². The smallest absolute Gasteiger partial charge is 0.249 e. The summed E-state index contributed by atoms with van der Waals surface area (Å²) >= 11 is 7.84. The van der Waals surface area contributed by atoms with Crippen LogP contribution in [0.3, 0.4) is 0 Å². The molecule has 1 aromatic rings. The first-order chi connectivity index (χ1) is 10.1. The Hall–Kier alpha value is -1.20. The minimum absolute atomic E-state index is 0.0599. The molecule has 1 N–H and O–H groups in total. The van der Waals surface area contributed by atoms with Gasteiger partial charge in [-0.2, -0.15) is 11.8 Å². The van der Waals surface area contributed by atoms with E-state index in [0.29, 0.717) is 30.1 Å². The van der Waals surface area contributed by atoms with Crippen molar-refractivity contribution in [2.75, 3.05) is 23.0 Å². The topological polar surface area (TPSA) is 49.4 Å². The predicted molar refractivity (Wildman–Crippen MR) is 88.0 cm³/mol. The van der Waals surface area contributed by atoms with Crippen molar-refractivity contribution >= 4 is 40.9 Å². The van der Waals surface area contributed by atoms with Gasteiger partial charge in [0.2, 0.25) is 11.8 Å². The molecule has 0 saturated carbocycles. The van der Waals surface area contributed by atoms with E-state index in [1.54, 1.807) is 22.7 Å². The lowest BCUT2D eigenvalue weighted by Crippen LogP contribution is -2.41. The van der Waals surface area contributed by atoms with Crippen LogP contribution in [0.1, 0.15) is 19.8 Å². The van der Waals surface area contributed by atoms with E-state index in [1.807, 2.05) is 18.2 Å². The van der Waals surface area contributed by atoms with Crippen molar-refractivity contribution in [1.29, 1.82) is 0 Å². The summed E-state index contributed by atoms with van der Waals surface area (Å²) in [6, 6.07) is 6.83. The number of para-hydroxylation sites is 1. The molecular formula is C15H19ClN2O2S. The van der Waals surface area contributed by atoms with Gasteiger partial charge in [0.1, 0.15) is 6.04 Å². The number of nitrogens with zero attached hydrogens (tertiary/aromatic N) is 1. The van der Waals surface area contributed by atoms with Gasteiger partial charge in [0.25, 0.3) is 0 Å². The van der Waals surface area contributed by atoms with E-state index >= 15 is 0 Å². The molecule has 0 aliphatic carbocycles. The molecule has 0 aromatic heterocycles. The molecule has 1 atom stereocenters. The van der Waals surface area contributed by atoms with Crippen LogP contribution in [-0.2, 0) is 9.59 Å². The first kappa shape index (κ1) is 16.2. The van der Waals surface area contributed by atoms with Crippen LogP contribution >= 0.6 is 23.4 Å². The average Bonchev–Trinajstić information content (AvgIpc) is 2.81. The Morgan fingerprint density at radius 3 is 2.95 bits per heavy atom. The number of hydrogen-bond acceptors (Lipinski definition) is 3. The quantitative estimate of drug-likeness (QED) is 0.818. The molecule has 0 unspecified atom stereocenters. The second-order valence-electron chi connectivity index (χ2n) is 4.80. The fourth-order valence-electron chi connectivity index (χ4n) is 2.30. The molecule has 1 fully saturated rings. The highest BCUT2D eigenvalue weighted by Gasteiger charge is 2.34. The zero-order chi connectivity index (χ0) is 15.2. The molecule has 1 aliphatic rings. The Bertz CT molecular complexity index is 524. The van der Waals surface area contributed by atoms with Gasteiger partial charge < -0.3 is 10.2 Å². The molecule has 1 aromatic carbocycles. The number of halogens is 1. The zero-order valence-electron chi connectivity index (χ0n) is 12.0. The molecule has 1 saturated heterocycles. The van der Waals surface area contributed by atoms with Crippen molar-refractivity contribution in [1.82, 2.24) is 5.32 Å². The monoisotopic (exact) mass is 326 g/mol. The molecule has 6 heteroatoms. The van der Waals surface area contributed by atoms with Gasteiger partial charge >= 0.3 is 0 Å². The van der Waals surface area contributed by atoms with Crippen LogP contribution in [0.4, 0.5) is 5.69 Å². The van der Waals surface area contributed by atoms with Crippen LogP contribution in [0.25, 0.3) is 0 Å². The van der Waals surface area contributed by atoms with E-state index in [9.17, 15) is 9.59 Å². The van der Waals surface area contributed by atoms with Crippen molar-refractivity contribution in [2.24, 2.45) is 0 Å². The van der Waals surface area contributed by atoms with Gasteiger partial charge in [-0.25, -0.2) is 0 Å². The van der Waals surface area contributed by atoms with Crippen LogP contribution in [0.15, 0.2) is 24.3 Å². The van der Waals surface area contributed by atoms with Crippen LogP contribution in [0.5, 0.6) is 0 Å². The number of amides is 2. The lowest BCUT2D eigenvalue weighted by molar-refractivity contribution is -0.126. The number of anilines is 1. The second kappa shape index (κ2) is 7.71. The Balaban J connectivity index is 1.93. The fourth-order valence-corrected chi connectivity index (χ4v) is 3.16. The van der Waals surface area contributed by atoms with E-state index in [-0.39, 0.29) is 11.8 Å². The number of nitrogens with one attached hydrogen (secondary N) is 1. The van der Waals surface area contributed by atoms with Crippen molar-refractivity contribution in [3.63, 3.8) is 0 Å². The summed E-state index contributed by atoms with van der Waals surface area (Å²) in [5.41, 5.74) is 0.711. The summed E-state index contributed by atoms with van der Waals surface area (Å²) in [4.78, 5) is 25.8. The molecule has 0 spiro atoms. The molecular weight excluding hydrogens is 308 g/mol. The van der Waals surface area contributed by atoms with E-state index in [1.165, 1.54) is 0 Å². The van der Waals surface area contributed by atoms with E-state index in [4.69, 9.17) is 11.6 Å². The van der Waals surface area contributed by atoms with Gasteiger partial charge in [0, 0.05) is 18.7 Å². The van der Waals surface area contributed by atoms with Gasteiger partial charge in [-0.05, 0) is 24.3 Å². The maximum absolute atomic E-state index is 12.4. The van der Waals surface area contributed by atoms with Gasteiger partial charge in [0.15, 0.2) is 0 Å². The van der Waals surface area contributed by atoms with Crippen LogP contribution < -0.4 is 10.2 Å². The lowest BCUT2D eigenvalue weighted by Gasteiger charge is -2.18. The summed E-state index contributed by atoms with van der Waals surface area (Å²) in [5.74, 6) is 1.64. The molecule has 2 rings (SSSR count). The minimum atomic E-state index is -0.430. The van der Waals surface area contributed by atoms with Gasteiger partial charge in [-0.15, -0.1) is 0 Å². The number of rotatable bonds is 6. The van der Waals surface area contributed by atoms with E-state index in [0.717, 1.165) is 11.5 Å². The van der Waals surface area contributed by atoms with Crippen molar-refractivity contribution in [3.05, 3.63) is 29.3 Å². The number of benzene rings is 1. The summed E-state index contributed by atoms with van der Waals surface area (Å²) in [6.45, 7) is 2.64. The Kier molecular flexibility index (Phi) is 5.94. The standard InChI is InChI=1S/C15H19ClN2O2S/c1-2-21-10-8-14(19)17-12-7-9-18(15(12)20)13-6-4-3-5-11(13)16/h3-6,12H,2,7-10H2,1H3,(H,17,19)/t12-/m0/s1. The average molecular weight is 327 g/mol. The minimum Gasteiger partial charge on any atom is -0.344 e. The van der Waals surface area contributed by atoms with Crippen molar-refractivity contribution in [3.8, 4) is 0 Å². The fraction of sp³-hybridized carbons (Fsp3) is 0.467. The first-order valence-corrected chi connectivity index (χ1v) is 8.59. The highest BCUT2D eigenvalue weighted by Crippen LogP contribution is 2.28. The third kappa shape index (κ3) is 4.14. The summed E-state index contributed by atoms with van der Waals surface area (Å²) in [6.07, 6.45) is 1.07. The Labute approximate surface area is 134 Å². The maximum Gasteiger partial charge on any atom is 0.249 e. The molecule has 21 heavy (non-hydrogen) atoms. The van der Waals surface area contributed by atoms with Gasteiger partial charge in [-0.3, -0.25) is 9.59 Å². The normalized spacial score (nSPS) is 18.1. The molecule has 4 nitrogen and oxygen atoms in total. The number of thioether (sulfide) groups is 1. The lowest BCUT2D eigenvalue weighted by atomic mass is 10.2. The second-order valence-corrected chi connectivity index (χ2v) is 6.60. The molecule has 2 amide bonds. The molecule has 1 aliphatic heterocycles. The summed E-state index contributed by atoms with van der Waals surface area (Å²) in [5, 5.41) is 3.37. The predicted octanol–water partition coefficient (Wildman–Crippen LogP) is 2.70. The Morgan fingerprint density at radius 1 is 1.48 bits per heavy atom.